The number of nitrogens with zero attached hydrogens (tertiary/aromatic N) is 1. The maximum atomic E-state index is 12.1. The maximum Gasteiger partial charge on any atom is 0.250 e. The van der Waals surface area contributed by atoms with E-state index in [0.717, 1.165) is 39.1 Å². The molecule has 0 amide bonds. The Morgan fingerprint density at radius 1 is 1.07 bits per heavy atom. The number of pyridine rings is 1. The van der Waals surface area contributed by atoms with Gasteiger partial charge in [0.2, 0.25) is 5.78 Å². The molecule has 2 aromatic carbocycles. The van der Waals surface area contributed by atoms with Gasteiger partial charge in [0.05, 0.1) is 0 Å². The van der Waals surface area contributed by atoms with Crippen molar-refractivity contribution >= 4 is 5.78 Å². The van der Waals surface area contributed by atoms with Gasteiger partial charge < -0.3 is 9.30 Å². The lowest BCUT2D eigenvalue weighted by molar-refractivity contribution is -0.113. The molecule has 0 fully saturated rings. The highest BCUT2D eigenvalue weighted by Crippen LogP contribution is 2.39. The quantitative estimate of drug-likeness (QED) is 0.456. The minimum Gasteiger partial charge on any atom is -0.456 e. The van der Waals surface area contributed by atoms with Crippen LogP contribution in [-0.2, 0) is 18.3 Å². The highest BCUT2D eigenvalue weighted by molar-refractivity contribution is 5.97. The van der Waals surface area contributed by atoms with Crippen LogP contribution in [0.15, 0.2) is 47.4 Å². The molecule has 4 heteroatoms. The molecule has 0 aliphatic carbocycles. The van der Waals surface area contributed by atoms with E-state index in [-0.39, 0.29) is 17.8 Å². The summed E-state index contributed by atoms with van der Waals surface area (Å²) in [4.78, 5) is 24.1. The molecule has 0 spiro atoms. The van der Waals surface area contributed by atoms with Gasteiger partial charge >= 0.3 is 0 Å². The third-order valence-corrected chi connectivity index (χ3v) is 5.15. The fourth-order valence-electron chi connectivity index (χ4n) is 3.76. The molecule has 0 radical (unpaired) electrons. The van der Waals surface area contributed by atoms with Gasteiger partial charge in [0.1, 0.15) is 11.5 Å². The molecule has 152 valence electrons. The van der Waals surface area contributed by atoms with Crippen LogP contribution in [-0.4, -0.2) is 10.4 Å². The SMILES string of the molecule is C#CC(=O)Cc1cccc(Oc2c(C)cc(C)cc2C)c1-c1cn(C)c(=O)cc1C. The van der Waals surface area contributed by atoms with Gasteiger partial charge in [-0.15, -0.1) is 6.42 Å². The standard InChI is InChI=1S/C26H25NO3/c1-7-21(28)14-20-9-8-10-23(30-26-18(4)11-16(2)12-19(26)5)25(20)22-15-27(6)24(29)13-17(22)3/h1,8-13,15H,14H2,2-6H3. The fraction of sp³-hybridized carbons (Fsp3) is 0.231. The summed E-state index contributed by atoms with van der Waals surface area (Å²) in [6.45, 7) is 7.95. The van der Waals surface area contributed by atoms with E-state index in [4.69, 9.17) is 11.2 Å². The summed E-state index contributed by atoms with van der Waals surface area (Å²) < 4.78 is 7.93. The van der Waals surface area contributed by atoms with Gasteiger partial charge in [0.25, 0.3) is 5.56 Å². The van der Waals surface area contributed by atoms with Crippen LogP contribution < -0.4 is 10.3 Å². The zero-order chi connectivity index (χ0) is 22.0. The van der Waals surface area contributed by atoms with Crippen LogP contribution >= 0.6 is 0 Å². The highest BCUT2D eigenvalue weighted by Gasteiger charge is 2.18. The fourth-order valence-corrected chi connectivity index (χ4v) is 3.76. The predicted octanol–water partition coefficient (Wildman–Crippen LogP) is 4.82. The maximum absolute atomic E-state index is 12.1. The van der Waals surface area contributed by atoms with Gasteiger partial charge in [-0.1, -0.05) is 29.8 Å². The molecule has 0 saturated heterocycles. The summed E-state index contributed by atoms with van der Waals surface area (Å²) >= 11 is 0. The van der Waals surface area contributed by atoms with Crippen LogP contribution in [0.25, 0.3) is 11.1 Å². The van der Waals surface area contributed by atoms with Gasteiger partial charge in [-0.3, -0.25) is 9.59 Å². The monoisotopic (exact) mass is 399 g/mol. The van der Waals surface area contributed by atoms with Crippen LogP contribution in [0.5, 0.6) is 11.5 Å². The number of rotatable bonds is 5. The number of ketones is 1. The third-order valence-electron chi connectivity index (χ3n) is 5.15. The largest absolute Gasteiger partial charge is 0.456 e. The summed E-state index contributed by atoms with van der Waals surface area (Å²) in [7, 11) is 1.70. The molecule has 0 bridgehead atoms. The lowest BCUT2D eigenvalue weighted by Gasteiger charge is -2.19. The summed E-state index contributed by atoms with van der Waals surface area (Å²) in [6.07, 6.45) is 7.19. The van der Waals surface area contributed by atoms with E-state index in [1.807, 2.05) is 39.0 Å². The molecule has 1 aromatic heterocycles. The normalized spacial score (nSPS) is 10.5. The molecule has 0 aliphatic heterocycles. The number of Topliss-reactive ketones (excluding diaryl/α,β-unsaturated/α-hetero) is 1. The van der Waals surface area contributed by atoms with Crippen molar-refractivity contribution in [3.8, 4) is 35.0 Å². The van der Waals surface area contributed by atoms with Crippen LogP contribution in [0.1, 0.15) is 27.8 Å². The van der Waals surface area contributed by atoms with Crippen molar-refractivity contribution in [3.63, 3.8) is 0 Å². The van der Waals surface area contributed by atoms with Crippen molar-refractivity contribution in [2.75, 3.05) is 0 Å². The first-order valence-corrected chi connectivity index (χ1v) is 9.76. The molecule has 0 N–H and O–H groups in total. The average molecular weight is 399 g/mol. The van der Waals surface area contributed by atoms with Gasteiger partial charge in [-0.05, 0) is 61.9 Å². The second kappa shape index (κ2) is 8.42. The van der Waals surface area contributed by atoms with E-state index >= 15 is 0 Å². The minimum atomic E-state index is -0.307. The summed E-state index contributed by atoms with van der Waals surface area (Å²) in [5, 5.41) is 0. The lowest BCUT2D eigenvalue weighted by atomic mass is 9.93. The highest BCUT2D eigenvalue weighted by atomic mass is 16.5. The average Bonchev–Trinajstić information content (AvgIpc) is 2.68. The minimum absolute atomic E-state index is 0.0944. The topological polar surface area (TPSA) is 48.3 Å². The summed E-state index contributed by atoms with van der Waals surface area (Å²) in [6, 6.07) is 11.3. The zero-order valence-electron chi connectivity index (χ0n) is 18.0. The number of aryl methyl sites for hydroxylation is 5. The molecule has 3 aromatic rings. The van der Waals surface area contributed by atoms with Gasteiger partial charge in [0.15, 0.2) is 0 Å². The Balaban J connectivity index is 2.26. The second-order valence-electron chi connectivity index (χ2n) is 7.68. The van der Waals surface area contributed by atoms with Gasteiger partial charge in [-0.25, -0.2) is 0 Å². The summed E-state index contributed by atoms with van der Waals surface area (Å²) in [5.74, 6) is 3.28. The predicted molar refractivity (Wildman–Crippen MR) is 120 cm³/mol. The van der Waals surface area contributed by atoms with E-state index < -0.39 is 0 Å². The first-order valence-electron chi connectivity index (χ1n) is 9.76. The lowest BCUT2D eigenvalue weighted by Crippen LogP contribution is -2.16. The van der Waals surface area contributed by atoms with E-state index in [0.29, 0.717) is 5.75 Å². The number of ether oxygens (including phenoxy) is 1. The zero-order valence-corrected chi connectivity index (χ0v) is 18.0. The summed E-state index contributed by atoms with van der Waals surface area (Å²) in [5.41, 5.74) is 6.30. The molecule has 1 heterocycles. The Labute approximate surface area is 177 Å². The van der Waals surface area contributed by atoms with Crippen LogP contribution in [0.4, 0.5) is 0 Å². The number of hydrogen-bond donors (Lipinski definition) is 0. The Morgan fingerprint density at radius 3 is 2.37 bits per heavy atom. The Hall–Kier alpha value is -3.58. The van der Waals surface area contributed by atoms with E-state index in [9.17, 15) is 9.59 Å². The molecule has 3 rings (SSSR count). The van der Waals surface area contributed by atoms with Crippen molar-refractivity contribution in [1.29, 1.82) is 0 Å². The van der Waals surface area contributed by atoms with Crippen molar-refractivity contribution in [3.05, 3.63) is 80.8 Å². The molecule has 0 aliphatic rings. The van der Waals surface area contributed by atoms with Crippen molar-refractivity contribution < 1.29 is 9.53 Å². The van der Waals surface area contributed by atoms with E-state index in [1.165, 1.54) is 10.1 Å². The van der Waals surface area contributed by atoms with Crippen LogP contribution in [0.2, 0.25) is 0 Å². The van der Waals surface area contributed by atoms with Gasteiger partial charge in [0, 0.05) is 36.9 Å². The third kappa shape index (κ3) is 4.21. The molecule has 30 heavy (non-hydrogen) atoms. The van der Waals surface area contributed by atoms with Crippen LogP contribution in [0.3, 0.4) is 0 Å². The molecule has 4 nitrogen and oxygen atoms in total. The Morgan fingerprint density at radius 2 is 1.73 bits per heavy atom. The van der Waals surface area contributed by atoms with E-state index in [1.54, 1.807) is 19.3 Å². The number of carbonyl (C=O) groups excluding carboxylic acids is 1. The second-order valence-corrected chi connectivity index (χ2v) is 7.68. The number of carbonyl (C=O) groups is 1. The van der Waals surface area contributed by atoms with Crippen molar-refractivity contribution in [2.45, 2.75) is 34.1 Å². The molecular formula is C26H25NO3. The smallest absolute Gasteiger partial charge is 0.250 e. The molecule has 0 atom stereocenters. The molecule has 0 unspecified atom stereocenters. The number of aromatic nitrogens is 1. The molecular weight excluding hydrogens is 374 g/mol. The van der Waals surface area contributed by atoms with E-state index in [2.05, 4.69) is 25.0 Å². The number of benzene rings is 2. The first-order chi connectivity index (χ1) is 14.2. The van der Waals surface area contributed by atoms with Crippen molar-refractivity contribution in [1.82, 2.24) is 4.57 Å². The number of terminal acetylenes is 1. The van der Waals surface area contributed by atoms with Crippen molar-refractivity contribution in [2.24, 2.45) is 7.05 Å². The van der Waals surface area contributed by atoms with Crippen LogP contribution in [0, 0.1) is 40.0 Å². The number of hydrogen-bond acceptors (Lipinski definition) is 3. The Kier molecular flexibility index (Phi) is 5.94. The Bertz CT molecular complexity index is 1220. The van der Waals surface area contributed by atoms with Gasteiger partial charge in [-0.2, -0.15) is 0 Å². The first kappa shape index (κ1) is 21.1. The molecule has 0 saturated carbocycles.